The molecular formula is C17H15ClIN3O3S2. The summed E-state index contributed by atoms with van der Waals surface area (Å²) in [6.07, 6.45) is 1.87. The lowest BCUT2D eigenvalue weighted by molar-refractivity contribution is 0.0529. The maximum Gasteiger partial charge on any atom is 0.344 e. The van der Waals surface area contributed by atoms with Crippen LogP contribution in [0.1, 0.15) is 17.3 Å². The molecule has 0 saturated carbocycles. The number of anilines is 2. The Hall–Kier alpha value is -1.30. The van der Waals surface area contributed by atoms with E-state index in [0.717, 1.165) is 3.57 Å². The van der Waals surface area contributed by atoms with E-state index < -0.39 is 5.97 Å². The highest BCUT2D eigenvalue weighted by atomic mass is 127. The molecule has 0 aliphatic rings. The fraction of sp³-hybridized carbons (Fsp3) is 0.235. The van der Waals surface area contributed by atoms with E-state index in [4.69, 9.17) is 16.3 Å². The average Bonchev–Trinajstić information content (AvgIpc) is 3.06. The molecule has 1 N–H and O–H groups in total. The Labute approximate surface area is 182 Å². The second kappa shape index (κ2) is 8.38. The van der Waals surface area contributed by atoms with Gasteiger partial charge < -0.3 is 10.1 Å². The van der Waals surface area contributed by atoms with E-state index >= 15 is 0 Å². The number of thioether (sulfide) groups is 1. The standard InChI is InChI=1S/C17H15ClIN3O3S2/c1-4-25-16(24)11-12-13(27-17(21-12)26-3)15(23)22(2)14(11)20-10-6-5-8(19)7-9(10)18/h5-7,20H,4H2,1-3H3. The third-order valence-corrected chi connectivity index (χ3v) is 6.77. The molecule has 0 spiro atoms. The number of hydrogen-bond acceptors (Lipinski definition) is 7. The number of benzene rings is 1. The van der Waals surface area contributed by atoms with E-state index in [2.05, 4.69) is 32.9 Å². The summed E-state index contributed by atoms with van der Waals surface area (Å²) in [5.74, 6) is -0.243. The van der Waals surface area contributed by atoms with Gasteiger partial charge in [-0.2, -0.15) is 0 Å². The van der Waals surface area contributed by atoms with Crippen molar-refractivity contribution in [3.63, 3.8) is 0 Å². The van der Waals surface area contributed by atoms with E-state index in [1.54, 1.807) is 26.1 Å². The highest BCUT2D eigenvalue weighted by molar-refractivity contribution is 14.1. The first-order chi connectivity index (χ1) is 12.9. The van der Waals surface area contributed by atoms with Crippen molar-refractivity contribution in [2.24, 2.45) is 7.05 Å². The van der Waals surface area contributed by atoms with Gasteiger partial charge in [0.25, 0.3) is 5.56 Å². The van der Waals surface area contributed by atoms with Crippen LogP contribution in [-0.2, 0) is 11.8 Å². The number of esters is 1. The van der Waals surface area contributed by atoms with Crippen molar-refractivity contribution in [1.29, 1.82) is 0 Å². The molecule has 0 radical (unpaired) electrons. The van der Waals surface area contributed by atoms with Crippen molar-refractivity contribution in [3.8, 4) is 0 Å². The molecular weight excluding hydrogens is 521 g/mol. The molecule has 0 fully saturated rings. The molecule has 2 aromatic heterocycles. The Morgan fingerprint density at radius 3 is 2.85 bits per heavy atom. The first-order valence-electron chi connectivity index (χ1n) is 7.84. The molecule has 0 aliphatic heterocycles. The lowest BCUT2D eigenvalue weighted by Crippen LogP contribution is -2.23. The van der Waals surface area contributed by atoms with Gasteiger partial charge in [0.15, 0.2) is 4.34 Å². The summed E-state index contributed by atoms with van der Waals surface area (Å²) in [5, 5.41) is 3.60. The predicted octanol–water partition coefficient (Wildman–Crippen LogP) is 4.90. The Bertz CT molecular complexity index is 1100. The number of fused-ring (bicyclic) bond motifs is 1. The lowest BCUT2D eigenvalue weighted by Gasteiger charge is -2.16. The molecule has 3 rings (SSSR count). The summed E-state index contributed by atoms with van der Waals surface area (Å²) >= 11 is 11.2. The van der Waals surface area contributed by atoms with E-state index in [1.165, 1.54) is 27.7 Å². The van der Waals surface area contributed by atoms with Crippen LogP contribution in [-0.4, -0.2) is 28.4 Å². The number of halogens is 2. The summed E-state index contributed by atoms with van der Waals surface area (Å²) in [5.41, 5.74) is 0.910. The van der Waals surface area contributed by atoms with Gasteiger partial charge in [0.2, 0.25) is 0 Å². The van der Waals surface area contributed by atoms with Crippen LogP contribution in [0.2, 0.25) is 5.02 Å². The van der Waals surface area contributed by atoms with Crippen LogP contribution < -0.4 is 10.9 Å². The zero-order valence-corrected chi connectivity index (χ0v) is 19.2. The molecule has 27 heavy (non-hydrogen) atoms. The third kappa shape index (κ3) is 3.96. The summed E-state index contributed by atoms with van der Waals surface area (Å²) in [4.78, 5) is 30.0. The summed E-state index contributed by atoms with van der Waals surface area (Å²) in [7, 11) is 1.60. The molecule has 0 unspecified atom stereocenters. The molecule has 0 atom stereocenters. The second-order valence-electron chi connectivity index (χ2n) is 5.42. The van der Waals surface area contributed by atoms with Gasteiger partial charge in [-0.1, -0.05) is 23.4 Å². The summed E-state index contributed by atoms with van der Waals surface area (Å²) in [6, 6.07) is 5.46. The summed E-state index contributed by atoms with van der Waals surface area (Å²) in [6.45, 7) is 1.95. The molecule has 10 heteroatoms. The zero-order valence-electron chi connectivity index (χ0n) is 14.6. The van der Waals surface area contributed by atoms with Gasteiger partial charge in [-0.25, -0.2) is 9.78 Å². The van der Waals surface area contributed by atoms with Gasteiger partial charge in [-0.3, -0.25) is 9.36 Å². The number of nitrogens with zero attached hydrogens (tertiary/aromatic N) is 2. The molecule has 2 heterocycles. The highest BCUT2D eigenvalue weighted by Gasteiger charge is 2.25. The topological polar surface area (TPSA) is 73.2 Å². The van der Waals surface area contributed by atoms with Crippen LogP contribution in [0.4, 0.5) is 11.5 Å². The maximum absolute atomic E-state index is 12.8. The minimum absolute atomic E-state index is 0.215. The molecule has 3 aromatic rings. The van der Waals surface area contributed by atoms with E-state index in [-0.39, 0.29) is 17.7 Å². The van der Waals surface area contributed by atoms with Crippen LogP contribution in [0, 0.1) is 3.57 Å². The molecule has 0 bridgehead atoms. The van der Waals surface area contributed by atoms with Crippen LogP contribution in [0.15, 0.2) is 27.3 Å². The Morgan fingerprint density at radius 1 is 1.48 bits per heavy atom. The van der Waals surface area contributed by atoms with Crippen molar-refractivity contribution < 1.29 is 9.53 Å². The average molecular weight is 536 g/mol. The quantitative estimate of drug-likeness (QED) is 0.285. The van der Waals surface area contributed by atoms with Crippen LogP contribution in [0.25, 0.3) is 10.2 Å². The number of ether oxygens (including phenoxy) is 1. The predicted molar refractivity (Wildman–Crippen MR) is 120 cm³/mol. The van der Waals surface area contributed by atoms with Crippen LogP contribution >= 0.6 is 57.3 Å². The fourth-order valence-corrected chi connectivity index (χ4v) is 4.95. The van der Waals surface area contributed by atoms with Crippen LogP contribution in [0.3, 0.4) is 0 Å². The molecule has 0 saturated heterocycles. The van der Waals surface area contributed by atoms with Gasteiger partial charge in [0.05, 0.1) is 17.3 Å². The van der Waals surface area contributed by atoms with Gasteiger partial charge in [-0.15, -0.1) is 11.3 Å². The smallest absolute Gasteiger partial charge is 0.344 e. The number of carbonyl (C=O) groups excluding carboxylic acids is 1. The minimum atomic E-state index is -0.541. The Morgan fingerprint density at radius 2 is 2.22 bits per heavy atom. The molecule has 0 aliphatic carbocycles. The normalized spacial score (nSPS) is 11.0. The summed E-state index contributed by atoms with van der Waals surface area (Å²) < 4.78 is 8.73. The highest BCUT2D eigenvalue weighted by Crippen LogP contribution is 2.34. The van der Waals surface area contributed by atoms with E-state index in [9.17, 15) is 9.59 Å². The largest absolute Gasteiger partial charge is 0.462 e. The van der Waals surface area contributed by atoms with Gasteiger partial charge in [0.1, 0.15) is 21.6 Å². The maximum atomic E-state index is 12.8. The minimum Gasteiger partial charge on any atom is -0.462 e. The monoisotopic (exact) mass is 535 g/mol. The number of aromatic nitrogens is 2. The molecule has 0 amide bonds. The van der Waals surface area contributed by atoms with E-state index in [1.807, 2.05) is 12.3 Å². The lowest BCUT2D eigenvalue weighted by atomic mass is 10.2. The van der Waals surface area contributed by atoms with Crippen molar-refractivity contribution in [2.45, 2.75) is 11.3 Å². The SMILES string of the molecule is CCOC(=O)c1c(Nc2ccc(I)cc2Cl)n(C)c(=O)c2sc(SC)nc12. The van der Waals surface area contributed by atoms with Gasteiger partial charge >= 0.3 is 5.97 Å². The molecule has 142 valence electrons. The number of rotatable bonds is 5. The van der Waals surface area contributed by atoms with Gasteiger partial charge in [0, 0.05) is 10.6 Å². The number of thiazole rings is 1. The Balaban J connectivity index is 2.29. The van der Waals surface area contributed by atoms with Crippen molar-refractivity contribution in [3.05, 3.63) is 42.7 Å². The fourth-order valence-electron chi connectivity index (χ4n) is 2.50. The second-order valence-corrected chi connectivity index (χ2v) is 9.12. The molecule has 1 aromatic carbocycles. The number of pyridine rings is 1. The van der Waals surface area contributed by atoms with Gasteiger partial charge in [-0.05, 0) is 54.0 Å². The number of nitrogens with one attached hydrogen (secondary N) is 1. The molecule has 6 nitrogen and oxygen atoms in total. The Kier molecular flexibility index (Phi) is 6.34. The van der Waals surface area contributed by atoms with Crippen molar-refractivity contribution in [1.82, 2.24) is 9.55 Å². The van der Waals surface area contributed by atoms with Crippen molar-refractivity contribution in [2.75, 3.05) is 18.2 Å². The third-order valence-electron chi connectivity index (χ3n) is 3.75. The first kappa shape index (κ1) is 20.4. The number of hydrogen-bond donors (Lipinski definition) is 1. The number of carbonyl (C=O) groups is 1. The zero-order chi connectivity index (χ0) is 19.7. The first-order valence-corrected chi connectivity index (χ1v) is 11.3. The van der Waals surface area contributed by atoms with Crippen LogP contribution in [0.5, 0.6) is 0 Å². The van der Waals surface area contributed by atoms with Crippen molar-refractivity contribution >= 4 is 85.0 Å². The van der Waals surface area contributed by atoms with E-state index in [0.29, 0.717) is 31.1 Å².